The Morgan fingerprint density at radius 2 is 1.86 bits per heavy atom. The Kier molecular flexibility index (Phi) is 6.97. The molecular formula is C18H37N3. The zero-order valence-electron chi connectivity index (χ0n) is 14.7. The normalized spacial score (nSPS) is 31.1. The number of hydrogen-bond donors (Lipinski definition) is 1. The second-order valence-corrected chi connectivity index (χ2v) is 7.75. The Balaban J connectivity index is 1.79. The largest absolute Gasteiger partial charge is 0.316 e. The topological polar surface area (TPSA) is 18.5 Å². The predicted octanol–water partition coefficient (Wildman–Crippen LogP) is 2.82. The zero-order valence-corrected chi connectivity index (χ0v) is 14.7. The number of hydrogen-bond acceptors (Lipinski definition) is 3. The molecule has 0 spiro atoms. The van der Waals surface area contributed by atoms with Crippen LogP contribution in [0.15, 0.2) is 0 Å². The van der Waals surface area contributed by atoms with Gasteiger partial charge in [-0.3, -0.25) is 0 Å². The summed E-state index contributed by atoms with van der Waals surface area (Å²) >= 11 is 0. The van der Waals surface area contributed by atoms with Crippen LogP contribution in [0.25, 0.3) is 0 Å². The fourth-order valence-electron chi connectivity index (χ4n) is 4.13. The minimum Gasteiger partial charge on any atom is -0.316 e. The molecule has 0 bridgehead atoms. The number of rotatable bonds is 8. The first kappa shape index (κ1) is 17.2. The van der Waals surface area contributed by atoms with Gasteiger partial charge in [-0.05, 0) is 63.7 Å². The highest BCUT2D eigenvalue weighted by Gasteiger charge is 2.34. The molecule has 0 atom stereocenters. The smallest absolute Gasteiger partial charge is 0.0109 e. The Morgan fingerprint density at radius 3 is 2.48 bits per heavy atom. The van der Waals surface area contributed by atoms with Crippen molar-refractivity contribution in [3.63, 3.8) is 0 Å². The molecule has 0 aromatic carbocycles. The van der Waals surface area contributed by atoms with Gasteiger partial charge in [0.1, 0.15) is 0 Å². The molecule has 0 amide bonds. The van der Waals surface area contributed by atoms with E-state index in [1.54, 1.807) is 0 Å². The van der Waals surface area contributed by atoms with Gasteiger partial charge < -0.3 is 15.1 Å². The molecule has 0 aromatic rings. The number of nitrogens with zero attached hydrogens (tertiary/aromatic N) is 2. The highest BCUT2D eigenvalue weighted by atomic mass is 15.2. The van der Waals surface area contributed by atoms with Gasteiger partial charge in [0, 0.05) is 26.2 Å². The lowest BCUT2D eigenvalue weighted by molar-refractivity contribution is 0.0948. The molecule has 2 fully saturated rings. The van der Waals surface area contributed by atoms with Crippen LogP contribution in [0.4, 0.5) is 0 Å². The van der Waals surface area contributed by atoms with E-state index in [4.69, 9.17) is 0 Å². The summed E-state index contributed by atoms with van der Waals surface area (Å²) < 4.78 is 0. The van der Waals surface area contributed by atoms with Gasteiger partial charge in [0.2, 0.25) is 0 Å². The van der Waals surface area contributed by atoms with Crippen molar-refractivity contribution in [1.82, 2.24) is 15.1 Å². The van der Waals surface area contributed by atoms with E-state index >= 15 is 0 Å². The monoisotopic (exact) mass is 295 g/mol. The summed E-state index contributed by atoms with van der Waals surface area (Å²) in [6, 6.07) is 0. The maximum absolute atomic E-state index is 3.64. The second-order valence-electron chi connectivity index (χ2n) is 7.75. The Morgan fingerprint density at radius 1 is 1.19 bits per heavy atom. The zero-order chi connectivity index (χ0) is 15.1. The first-order valence-electron chi connectivity index (χ1n) is 9.25. The van der Waals surface area contributed by atoms with Crippen molar-refractivity contribution >= 4 is 0 Å². The minimum atomic E-state index is 0.530. The van der Waals surface area contributed by atoms with Crippen LogP contribution in [0.5, 0.6) is 0 Å². The summed E-state index contributed by atoms with van der Waals surface area (Å²) in [5, 5.41) is 3.64. The van der Waals surface area contributed by atoms with Gasteiger partial charge in [0.05, 0.1) is 0 Å². The summed E-state index contributed by atoms with van der Waals surface area (Å²) in [5.41, 5.74) is 0.530. The molecule has 3 nitrogen and oxygen atoms in total. The molecule has 1 heterocycles. The fourth-order valence-corrected chi connectivity index (χ4v) is 4.13. The fraction of sp³-hybridized carbons (Fsp3) is 1.00. The molecule has 1 aliphatic heterocycles. The lowest BCUT2D eigenvalue weighted by Crippen LogP contribution is -2.46. The van der Waals surface area contributed by atoms with Crippen LogP contribution in [0.1, 0.15) is 52.4 Å². The molecule has 2 rings (SSSR count). The first-order chi connectivity index (χ1) is 10.1. The van der Waals surface area contributed by atoms with Gasteiger partial charge in [-0.2, -0.15) is 0 Å². The third-order valence-electron chi connectivity index (χ3n) is 5.69. The van der Waals surface area contributed by atoms with Crippen LogP contribution in [-0.4, -0.2) is 62.7 Å². The second kappa shape index (κ2) is 8.50. The molecule has 21 heavy (non-hydrogen) atoms. The standard InChI is InChI=1S/C18H37N3/c1-4-19-15-18(9-7-17(2)8-10-18)16-20(3)13-14-21-11-5-6-12-21/h17,19H,4-16H2,1-3H3. The van der Waals surface area contributed by atoms with Gasteiger partial charge in [0.15, 0.2) is 0 Å². The van der Waals surface area contributed by atoms with Crippen molar-refractivity contribution in [2.75, 3.05) is 52.9 Å². The summed E-state index contributed by atoms with van der Waals surface area (Å²) in [4.78, 5) is 5.24. The molecule has 1 aliphatic carbocycles. The van der Waals surface area contributed by atoms with E-state index < -0.39 is 0 Å². The van der Waals surface area contributed by atoms with E-state index in [1.807, 2.05) is 0 Å². The number of nitrogens with one attached hydrogen (secondary N) is 1. The van der Waals surface area contributed by atoms with E-state index in [-0.39, 0.29) is 0 Å². The lowest BCUT2D eigenvalue weighted by Gasteiger charge is -2.42. The molecule has 2 aliphatic rings. The molecule has 0 unspecified atom stereocenters. The van der Waals surface area contributed by atoms with Crippen molar-refractivity contribution in [3.8, 4) is 0 Å². The van der Waals surface area contributed by atoms with E-state index in [9.17, 15) is 0 Å². The van der Waals surface area contributed by atoms with Gasteiger partial charge in [-0.1, -0.05) is 26.7 Å². The molecule has 1 saturated carbocycles. The quantitative estimate of drug-likeness (QED) is 0.743. The minimum absolute atomic E-state index is 0.530. The average Bonchev–Trinajstić information content (AvgIpc) is 3.00. The maximum Gasteiger partial charge on any atom is 0.0109 e. The van der Waals surface area contributed by atoms with Crippen LogP contribution in [0.3, 0.4) is 0 Å². The Labute approximate surface area is 132 Å². The van der Waals surface area contributed by atoms with Crippen LogP contribution in [0, 0.1) is 11.3 Å². The Hall–Kier alpha value is -0.120. The van der Waals surface area contributed by atoms with Crippen molar-refractivity contribution < 1.29 is 0 Å². The highest BCUT2D eigenvalue weighted by Crippen LogP contribution is 2.39. The maximum atomic E-state index is 3.64. The van der Waals surface area contributed by atoms with Crippen molar-refractivity contribution in [2.24, 2.45) is 11.3 Å². The Bertz CT molecular complexity index is 273. The molecule has 3 heteroatoms. The highest BCUT2D eigenvalue weighted by molar-refractivity contribution is 4.89. The summed E-state index contributed by atoms with van der Waals surface area (Å²) in [6.07, 6.45) is 8.49. The number of likely N-dealkylation sites (N-methyl/N-ethyl adjacent to an activating group) is 1. The van der Waals surface area contributed by atoms with Crippen molar-refractivity contribution in [2.45, 2.75) is 52.4 Å². The van der Waals surface area contributed by atoms with Gasteiger partial charge in [-0.25, -0.2) is 0 Å². The predicted molar refractivity (Wildman–Crippen MR) is 91.8 cm³/mol. The van der Waals surface area contributed by atoms with Crippen LogP contribution in [0.2, 0.25) is 0 Å². The lowest BCUT2D eigenvalue weighted by atomic mass is 9.70. The summed E-state index contributed by atoms with van der Waals surface area (Å²) in [6.45, 7) is 13.4. The van der Waals surface area contributed by atoms with E-state index in [0.717, 1.165) is 12.5 Å². The third-order valence-corrected chi connectivity index (χ3v) is 5.69. The van der Waals surface area contributed by atoms with Gasteiger partial charge >= 0.3 is 0 Å². The van der Waals surface area contributed by atoms with Crippen LogP contribution >= 0.6 is 0 Å². The summed E-state index contributed by atoms with van der Waals surface area (Å²) in [5.74, 6) is 0.939. The molecule has 124 valence electrons. The molecule has 0 aromatic heterocycles. The molecule has 1 saturated heterocycles. The summed E-state index contributed by atoms with van der Waals surface area (Å²) in [7, 11) is 2.34. The molecular weight excluding hydrogens is 258 g/mol. The van der Waals surface area contributed by atoms with Crippen molar-refractivity contribution in [3.05, 3.63) is 0 Å². The van der Waals surface area contributed by atoms with Crippen LogP contribution in [-0.2, 0) is 0 Å². The molecule has 0 radical (unpaired) electrons. The van der Waals surface area contributed by atoms with E-state index in [2.05, 4.69) is 36.0 Å². The first-order valence-corrected chi connectivity index (χ1v) is 9.25. The SMILES string of the molecule is CCNCC1(CN(C)CCN2CCCC2)CCC(C)CC1. The third kappa shape index (κ3) is 5.54. The number of likely N-dealkylation sites (tertiary alicyclic amines) is 1. The van der Waals surface area contributed by atoms with E-state index in [0.29, 0.717) is 5.41 Å². The molecule has 1 N–H and O–H groups in total. The van der Waals surface area contributed by atoms with Gasteiger partial charge in [0.25, 0.3) is 0 Å². The average molecular weight is 296 g/mol. The van der Waals surface area contributed by atoms with Crippen LogP contribution < -0.4 is 5.32 Å². The van der Waals surface area contributed by atoms with Crippen molar-refractivity contribution in [1.29, 1.82) is 0 Å². The van der Waals surface area contributed by atoms with Gasteiger partial charge in [-0.15, -0.1) is 0 Å². The van der Waals surface area contributed by atoms with E-state index in [1.165, 1.54) is 77.8 Å².